The first kappa shape index (κ1) is 12.9. The van der Waals surface area contributed by atoms with E-state index in [1.165, 1.54) is 11.3 Å². The van der Waals surface area contributed by atoms with E-state index in [0.29, 0.717) is 15.8 Å². The lowest BCUT2D eigenvalue weighted by Crippen LogP contribution is -1.97. The van der Waals surface area contributed by atoms with Gasteiger partial charge in [0.15, 0.2) is 0 Å². The molecular weight excluding hydrogens is 308 g/mol. The minimum Gasteiger partial charge on any atom is -0.477 e. The molecule has 2 heterocycles. The number of hydrogen-bond donors (Lipinski definition) is 1. The predicted octanol–water partition coefficient (Wildman–Crippen LogP) is 4.32. The molecule has 106 valence electrons. The fourth-order valence-electron chi connectivity index (χ4n) is 2.48. The average molecular weight is 319 g/mol. The molecule has 0 atom stereocenters. The van der Waals surface area contributed by atoms with E-state index >= 15 is 0 Å². The molecule has 0 radical (unpaired) electrons. The number of aromatic nitrogens is 2. The Balaban J connectivity index is 1.97. The van der Waals surface area contributed by atoms with E-state index < -0.39 is 5.97 Å². The molecule has 1 N–H and O–H groups in total. The van der Waals surface area contributed by atoms with E-state index in [2.05, 4.69) is 0 Å². The van der Waals surface area contributed by atoms with Crippen molar-refractivity contribution < 1.29 is 9.90 Å². The van der Waals surface area contributed by atoms with Crippen molar-refractivity contribution in [3.63, 3.8) is 0 Å². The number of thiophene rings is 1. The largest absolute Gasteiger partial charge is 0.477 e. The number of rotatable bonds is 3. The number of hydrogen-bond acceptors (Lipinski definition) is 3. The second-order valence-electron chi connectivity index (χ2n) is 5.19. The normalized spacial score (nSPS) is 14.7. The van der Waals surface area contributed by atoms with Crippen molar-refractivity contribution in [1.82, 2.24) is 9.78 Å². The third kappa shape index (κ3) is 2.13. The lowest BCUT2D eigenvalue weighted by atomic mass is 10.2. The smallest absolute Gasteiger partial charge is 0.345 e. The van der Waals surface area contributed by atoms with Crippen LogP contribution < -0.4 is 0 Å². The first-order valence-electron chi connectivity index (χ1n) is 6.65. The van der Waals surface area contributed by atoms with Crippen LogP contribution in [0.4, 0.5) is 0 Å². The maximum absolute atomic E-state index is 11.2. The van der Waals surface area contributed by atoms with Gasteiger partial charge in [-0.25, -0.2) is 9.48 Å². The second-order valence-corrected chi connectivity index (χ2v) is 6.65. The quantitative estimate of drug-likeness (QED) is 0.782. The van der Waals surface area contributed by atoms with Crippen LogP contribution in [0.2, 0.25) is 5.02 Å². The third-order valence-electron chi connectivity index (χ3n) is 3.62. The SMILES string of the molecule is O=C(O)c1cc2c(C3CC3)nn(-c3cccc(Cl)c3)c2s1. The molecule has 2 aromatic heterocycles. The minimum atomic E-state index is -0.893. The molecule has 0 aliphatic heterocycles. The van der Waals surface area contributed by atoms with Crippen molar-refractivity contribution in [3.05, 3.63) is 45.9 Å². The summed E-state index contributed by atoms with van der Waals surface area (Å²) in [5.74, 6) is -0.431. The van der Waals surface area contributed by atoms with Gasteiger partial charge in [-0.3, -0.25) is 0 Å². The van der Waals surface area contributed by atoms with E-state index in [1.54, 1.807) is 6.07 Å². The molecule has 3 aromatic rings. The van der Waals surface area contributed by atoms with Crippen molar-refractivity contribution in [2.45, 2.75) is 18.8 Å². The summed E-state index contributed by atoms with van der Waals surface area (Å²) in [6.07, 6.45) is 2.25. The van der Waals surface area contributed by atoms with Crippen LogP contribution >= 0.6 is 22.9 Å². The summed E-state index contributed by atoms with van der Waals surface area (Å²) >= 11 is 7.31. The van der Waals surface area contributed by atoms with Crippen LogP contribution in [0, 0.1) is 0 Å². The van der Waals surface area contributed by atoms with E-state index in [4.69, 9.17) is 16.7 Å². The number of fused-ring (bicyclic) bond motifs is 1. The van der Waals surface area contributed by atoms with E-state index in [0.717, 1.165) is 34.4 Å². The zero-order chi connectivity index (χ0) is 14.6. The highest BCUT2D eigenvalue weighted by Crippen LogP contribution is 2.44. The average Bonchev–Trinajstić information content (AvgIpc) is 3.08. The third-order valence-corrected chi connectivity index (χ3v) is 4.95. The van der Waals surface area contributed by atoms with Gasteiger partial charge in [-0.2, -0.15) is 5.10 Å². The molecule has 1 aliphatic rings. The summed E-state index contributed by atoms with van der Waals surface area (Å²) in [6.45, 7) is 0. The maximum atomic E-state index is 11.2. The van der Waals surface area contributed by atoms with Crippen LogP contribution in [0.1, 0.15) is 34.1 Å². The molecule has 0 unspecified atom stereocenters. The molecule has 4 rings (SSSR count). The number of halogens is 1. The molecule has 1 aliphatic carbocycles. The second kappa shape index (κ2) is 4.58. The monoisotopic (exact) mass is 318 g/mol. The van der Waals surface area contributed by atoms with Crippen molar-refractivity contribution >= 4 is 39.1 Å². The molecule has 0 spiro atoms. The predicted molar refractivity (Wildman–Crippen MR) is 82.9 cm³/mol. The van der Waals surface area contributed by atoms with E-state index in [-0.39, 0.29) is 0 Å². The van der Waals surface area contributed by atoms with Crippen molar-refractivity contribution in [3.8, 4) is 5.69 Å². The summed E-state index contributed by atoms with van der Waals surface area (Å²) in [4.78, 5) is 12.4. The Bertz CT molecular complexity index is 864. The van der Waals surface area contributed by atoms with Gasteiger partial charge in [-0.05, 0) is 37.1 Å². The lowest BCUT2D eigenvalue weighted by molar-refractivity contribution is 0.0702. The summed E-state index contributed by atoms with van der Waals surface area (Å²) in [7, 11) is 0. The van der Waals surface area contributed by atoms with Crippen LogP contribution in [0.3, 0.4) is 0 Å². The van der Waals surface area contributed by atoms with Crippen LogP contribution in [0.5, 0.6) is 0 Å². The van der Waals surface area contributed by atoms with Crippen molar-refractivity contribution in [1.29, 1.82) is 0 Å². The highest BCUT2D eigenvalue weighted by atomic mass is 35.5. The van der Waals surface area contributed by atoms with Gasteiger partial charge < -0.3 is 5.11 Å². The number of nitrogens with zero attached hydrogens (tertiary/aromatic N) is 2. The summed E-state index contributed by atoms with van der Waals surface area (Å²) < 4.78 is 1.81. The molecule has 0 amide bonds. The Morgan fingerprint density at radius 2 is 2.19 bits per heavy atom. The van der Waals surface area contributed by atoms with Crippen molar-refractivity contribution in [2.75, 3.05) is 0 Å². The van der Waals surface area contributed by atoms with Gasteiger partial charge in [0, 0.05) is 16.3 Å². The van der Waals surface area contributed by atoms with E-state index in [9.17, 15) is 9.90 Å². The van der Waals surface area contributed by atoms with Crippen LogP contribution in [-0.4, -0.2) is 20.9 Å². The van der Waals surface area contributed by atoms with Gasteiger partial charge in [0.1, 0.15) is 9.71 Å². The molecule has 4 nitrogen and oxygen atoms in total. The number of carboxylic acids is 1. The van der Waals surface area contributed by atoms with Crippen LogP contribution in [0.15, 0.2) is 30.3 Å². The highest BCUT2D eigenvalue weighted by Gasteiger charge is 2.30. The van der Waals surface area contributed by atoms with Gasteiger partial charge in [-0.15, -0.1) is 11.3 Å². The van der Waals surface area contributed by atoms with Gasteiger partial charge >= 0.3 is 5.97 Å². The summed E-state index contributed by atoms with van der Waals surface area (Å²) in [5.41, 5.74) is 1.87. The zero-order valence-corrected chi connectivity index (χ0v) is 12.5. The zero-order valence-electron chi connectivity index (χ0n) is 10.9. The fourth-order valence-corrected chi connectivity index (χ4v) is 3.64. The number of carboxylic acid groups (broad SMARTS) is 1. The molecule has 0 saturated heterocycles. The Morgan fingerprint density at radius 1 is 1.38 bits per heavy atom. The molecule has 1 fully saturated rings. The van der Waals surface area contributed by atoms with E-state index in [1.807, 2.05) is 28.9 Å². The number of carbonyl (C=O) groups is 1. The van der Waals surface area contributed by atoms with Gasteiger partial charge in [-0.1, -0.05) is 17.7 Å². The van der Waals surface area contributed by atoms with Gasteiger partial charge in [0.2, 0.25) is 0 Å². The molecular formula is C15H11ClN2O2S. The minimum absolute atomic E-state index is 0.347. The topological polar surface area (TPSA) is 55.1 Å². The Labute approximate surface area is 129 Å². The molecule has 6 heteroatoms. The Morgan fingerprint density at radius 3 is 2.86 bits per heavy atom. The van der Waals surface area contributed by atoms with Crippen LogP contribution in [0.25, 0.3) is 15.9 Å². The van der Waals surface area contributed by atoms with Gasteiger partial charge in [0.25, 0.3) is 0 Å². The van der Waals surface area contributed by atoms with Crippen molar-refractivity contribution in [2.24, 2.45) is 0 Å². The molecule has 21 heavy (non-hydrogen) atoms. The number of benzene rings is 1. The number of aromatic carboxylic acids is 1. The standard InChI is InChI=1S/C15H11ClN2O2S/c16-9-2-1-3-10(6-9)18-14-11(7-12(21-14)15(19)20)13(17-18)8-4-5-8/h1-3,6-8H,4-5H2,(H,19,20). The van der Waals surface area contributed by atoms with Gasteiger partial charge in [0.05, 0.1) is 11.4 Å². The summed E-state index contributed by atoms with van der Waals surface area (Å²) in [6, 6.07) is 9.18. The summed E-state index contributed by atoms with van der Waals surface area (Å²) in [5, 5.41) is 15.5. The molecule has 1 saturated carbocycles. The first-order valence-corrected chi connectivity index (χ1v) is 7.84. The van der Waals surface area contributed by atoms with Crippen LogP contribution in [-0.2, 0) is 0 Å². The first-order chi connectivity index (χ1) is 10.1. The molecule has 0 bridgehead atoms. The highest BCUT2D eigenvalue weighted by molar-refractivity contribution is 7.20. The Hall–Kier alpha value is -1.85. The maximum Gasteiger partial charge on any atom is 0.345 e. The lowest BCUT2D eigenvalue weighted by Gasteiger charge is -2.02. The fraction of sp³-hybridized carbons (Fsp3) is 0.200. The Kier molecular flexibility index (Phi) is 2.80. The molecule has 1 aromatic carbocycles.